The maximum Gasteiger partial charge on any atom is 0.210 e. The molecule has 0 aliphatic rings. The van der Waals surface area contributed by atoms with Gasteiger partial charge in [0.25, 0.3) is 0 Å². The molecule has 0 fully saturated rings. The highest BCUT2D eigenvalue weighted by Crippen LogP contribution is 2.24. The van der Waals surface area contributed by atoms with E-state index in [-0.39, 0.29) is 11.7 Å². The standard InChI is InChI=1S/C17H17FN2O/c1-3-4-5-16(19-2)12-6-8-14(15(18)10-12)13-7-9-17(21)20-11-13/h3,6-11H,1,4-5H2,2H3,(H,20,21)/b19-16+. The van der Waals surface area contributed by atoms with Gasteiger partial charge in [-0.25, -0.2) is 9.37 Å². The van der Waals surface area contributed by atoms with Crippen molar-refractivity contribution in [2.45, 2.75) is 12.8 Å². The Labute approximate surface area is 123 Å². The van der Waals surface area contributed by atoms with Crippen molar-refractivity contribution in [1.82, 2.24) is 4.98 Å². The van der Waals surface area contributed by atoms with Gasteiger partial charge in [-0.3, -0.25) is 4.99 Å². The van der Waals surface area contributed by atoms with Gasteiger partial charge in [-0.1, -0.05) is 18.2 Å². The summed E-state index contributed by atoms with van der Waals surface area (Å²) in [5.41, 5.74) is 2.69. The van der Waals surface area contributed by atoms with Crippen LogP contribution in [0, 0.1) is 5.82 Å². The van der Waals surface area contributed by atoms with E-state index in [1.165, 1.54) is 18.3 Å². The zero-order valence-corrected chi connectivity index (χ0v) is 11.9. The number of allylic oxidation sites excluding steroid dienone is 1. The van der Waals surface area contributed by atoms with Crippen molar-refractivity contribution in [2.24, 2.45) is 4.99 Å². The Hall–Kier alpha value is -2.49. The van der Waals surface area contributed by atoms with Crippen LogP contribution in [-0.2, 0) is 0 Å². The summed E-state index contributed by atoms with van der Waals surface area (Å²) in [6.07, 6.45) is 4.80. The number of aromatic nitrogens is 1. The van der Waals surface area contributed by atoms with Crippen LogP contribution in [0.4, 0.5) is 4.39 Å². The lowest BCUT2D eigenvalue weighted by Crippen LogP contribution is -2.01. The lowest BCUT2D eigenvalue weighted by molar-refractivity contribution is 0.453. The van der Waals surface area contributed by atoms with Crippen LogP contribution in [0.25, 0.3) is 11.1 Å². The predicted octanol–water partition coefficient (Wildman–Crippen LogP) is 3.98. The molecule has 1 heterocycles. The van der Waals surface area contributed by atoms with E-state index in [9.17, 15) is 9.50 Å². The monoisotopic (exact) mass is 284 g/mol. The third kappa shape index (κ3) is 3.54. The van der Waals surface area contributed by atoms with Crippen LogP contribution in [0.1, 0.15) is 18.4 Å². The second-order valence-corrected chi connectivity index (χ2v) is 4.60. The molecular weight excluding hydrogens is 267 g/mol. The molecule has 0 bridgehead atoms. The molecule has 0 saturated carbocycles. The van der Waals surface area contributed by atoms with E-state index in [2.05, 4.69) is 16.6 Å². The zero-order chi connectivity index (χ0) is 15.2. The Morgan fingerprint density at radius 3 is 2.76 bits per heavy atom. The highest BCUT2D eigenvalue weighted by molar-refractivity contribution is 6.01. The number of aromatic hydroxyl groups is 1. The zero-order valence-electron chi connectivity index (χ0n) is 11.9. The Morgan fingerprint density at radius 2 is 2.19 bits per heavy atom. The molecule has 1 N–H and O–H groups in total. The molecule has 2 rings (SSSR count). The average Bonchev–Trinajstić information content (AvgIpc) is 2.49. The minimum absolute atomic E-state index is 0.0828. The van der Waals surface area contributed by atoms with E-state index in [0.717, 1.165) is 24.1 Å². The van der Waals surface area contributed by atoms with E-state index >= 15 is 0 Å². The van der Waals surface area contributed by atoms with E-state index < -0.39 is 0 Å². The second-order valence-electron chi connectivity index (χ2n) is 4.60. The smallest absolute Gasteiger partial charge is 0.210 e. The summed E-state index contributed by atoms with van der Waals surface area (Å²) in [6, 6.07) is 8.10. The number of pyridine rings is 1. The number of halogens is 1. The molecule has 2 aromatic rings. The molecule has 21 heavy (non-hydrogen) atoms. The molecule has 0 saturated heterocycles. The molecular formula is C17H17FN2O. The molecule has 1 aromatic heterocycles. The van der Waals surface area contributed by atoms with Crippen LogP contribution in [0.15, 0.2) is 54.2 Å². The first-order valence-corrected chi connectivity index (χ1v) is 6.67. The van der Waals surface area contributed by atoms with Crippen LogP contribution >= 0.6 is 0 Å². The van der Waals surface area contributed by atoms with Crippen molar-refractivity contribution >= 4 is 5.71 Å². The third-order valence-electron chi connectivity index (χ3n) is 3.22. The van der Waals surface area contributed by atoms with Gasteiger partial charge in [-0.05, 0) is 30.5 Å². The molecule has 0 aliphatic heterocycles. The Bertz CT molecular complexity index is 663. The van der Waals surface area contributed by atoms with Crippen LogP contribution in [-0.4, -0.2) is 22.8 Å². The molecule has 1 aromatic carbocycles. The largest absolute Gasteiger partial charge is 0.493 e. The summed E-state index contributed by atoms with van der Waals surface area (Å²) >= 11 is 0. The third-order valence-corrected chi connectivity index (χ3v) is 3.22. The number of rotatable bonds is 5. The van der Waals surface area contributed by atoms with E-state index in [0.29, 0.717) is 11.1 Å². The van der Waals surface area contributed by atoms with E-state index in [1.54, 1.807) is 19.2 Å². The Morgan fingerprint density at radius 1 is 1.38 bits per heavy atom. The topological polar surface area (TPSA) is 45.5 Å². The summed E-state index contributed by atoms with van der Waals surface area (Å²) in [6.45, 7) is 3.68. The van der Waals surface area contributed by atoms with Crippen molar-refractivity contribution in [1.29, 1.82) is 0 Å². The normalized spacial score (nSPS) is 11.4. The van der Waals surface area contributed by atoms with Gasteiger partial charge in [0, 0.05) is 36.1 Å². The number of nitrogens with zero attached hydrogens (tertiary/aromatic N) is 2. The lowest BCUT2D eigenvalue weighted by Gasteiger charge is -2.08. The highest BCUT2D eigenvalue weighted by Gasteiger charge is 2.09. The molecule has 0 spiro atoms. The van der Waals surface area contributed by atoms with Crippen molar-refractivity contribution in [3.8, 4) is 17.0 Å². The summed E-state index contributed by atoms with van der Waals surface area (Å²) in [5, 5.41) is 9.18. The molecule has 3 nitrogen and oxygen atoms in total. The van der Waals surface area contributed by atoms with Crippen LogP contribution < -0.4 is 0 Å². The first-order chi connectivity index (χ1) is 10.2. The van der Waals surface area contributed by atoms with Crippen molar-refractivity contribution < 1.29 is 9.50 Å². The average molecular weight is 284 g/mol. The summed E-state index contributed by atoms with van der Waals surface area (Å²) in [7, 11) is 1.70. The van der Waals surface area contributed by atoms with Crippen molar-refractivity contribution in [2.75, 3.05) is 7.05 Å². The first kappa shape index (κ1) is 14.9. The number of hydrogen-bond acceptors (Lipinski definition) is 3. The summed E-state index contributed by atoms with van der Waals surface area (Å²) in [4.78, 5) is 7.97. The van der Waals surface area contributed by atoms with Crippen LogP contribution in [0.2, 0.25) is 0 Å². The molecule has 0 atom stereocenters. The second kappa shape index (κ2) is 6.79. The molecule has 0 unspecified atom stereocenters. The van der Waals surface area contributed by atoms with Gasteiger partial charge in [0.2, 0.25) is 5.88 Å². The fourth-order valence-electron chi connectivity index (χ4n) is 2.10. The number of aliphatic imine (C=N–C) groups is 1. The fraction of sp³-hybridized carbons (Fsp3) is 0.176. The molecule has 4 heteroatoms. The van der Waals surface area contributed by atoms with Gasteiger partial charge in [0.1, 0.15) is 5.82 Å². The minimum atomic E-state index is -0.334. The lowest BCUT2D eigenvalue weighted by atomic mass is 10.0. The molecule has 0 aliphatic carbocycles. The predicted molar refractivity (Wildman–Crippen MR) is 83.2 cm³/mol. The van der Waals surface area contributed by atoms with E-state index in [1.807, 2.05) is 12.1 Å². The van der Waals surface area contributed by atoms with Gasteiger partial charge in [-0.2, -0.15) is 0 Å². The number of benzene rings is 1. The highest BCUT2D eigenvalue weighted by atomic mass is 19.1. The minimum Gasteiger partial charge on any atom is -0.493 e. The Kier molecular flexibility index (Phi) is 4.82. The number of hydrogen-bond donors (Lipinski definition) is 1. The van der Waals surface area contributed by atoms with E-state index in [4.69, 9.17) is 0 Å². The molecule has 108 valence electrons. The van der Waals surface area contributed by atoms with Crippen LogP contribution in [0.3, 0.4) is 0 Å². The summed E-state index contributed by atoms with van der Waals surface area (Å²) in [5.74, 6) is -0.416. The van der Waals surface area contributed by atoms with Gasteiger partial charge >= 0.3 is 0 Å². The fourth-order valence-corrected chi connectivity index (χ4v) is 2.10. The van der Waals surface area contributed by atoms with Gasteiger partial charge in [-0.15, -0.1) is 6.58 Å². The maximum absolute atomic E-state index is 14.3. The van der Waals surface area contributed by atoms with Crippen molar-refractivity contribution in [3.63, 3.8) is 0 Å². The van der Waals surface area contributed by atoms with Gasteiger partial charge in [0.15, 0.2) is 0 Å². The molecule has 0 radical (unpaired) electrons. The first-order valence-electron chi connectivity index (χ1n) is 6.67. The SMILES string of the molecule is C=CCC/C(=N\C)c1ccc(-c2ccc(O)nc2)c(F)c1. The van der Waals surface area contributed by atoms with Gasteiger partial charge < -0.3 is 5.11 Å². The quantitative estimate of drug-likeness (QED) is 0.667. The van der Waals surface area contributed by atoms with Crippen LogP contribution in [0.5, 0.6) is 5.88 Å². The maximum atomic E-state index is 14.3. The van der Waals surface area contributed by atoms with Crippen molar-refractivity contribution in [3.05, 3.63) is 60.6 Å². The summed E-state index contributed by atoms with van der Waals surface area (Å²) < 4.78 is 14.3. The molecule has 0 amide bonds. The van der Waals surface area contributed by atoms with Gasteiger partial charge in [0.05, 0.1) is 0 Å². The Balaban J connectivity index is 2.32.